The van der Waals surface area contributed by atoms with E-state index in [0.29, 0.717) is 17.9 Å². The summed E-state index contributed by atoms with van der Waals surface area (Å²) in [5.41, 5.74) is 0.684. The van der Waals surface area contributed by atoms with Gasteiger partial charge in [-0.05, 0) is 37.5 Å². The zero-order chi connectivity index (χ0) is 17.1. The van der Waals surface area contributed by atoms with E-state index in [-0.39, 0.29) is 17.6 Å². The third-order valence-corrected chi connectivity index (χ3v) is 4.08. The second-order valence-corrected chi connectivity index (χ2v) is 5.83. The van der Waals surface area contributed by atoms with E-state index >= 15 is 0 Å². The van der Waals surface area contributed by atoms with Crippen molar-refractivity contribution in [2.24, 2.45) is 0 Å². The van der Waals surface area contributed by atoms with Gasteiger partial charge in [0.05, 0.1) is 12.1 Å². The van der Waals surface area contributed by atoms with Crippen molar-refractivity contribution >= 4 is 5.91 Å². The quantitative estimate of drug-likeness (QED) is 0.878. The minimum Gasteiger partial charge on any atom is -0.445 e. The van der Waals surface area contributed by atoms with Crippen LogP contribution in [-0.2, 0) is 4.74 Å². The van der Waals surface area contributed by atoms with E-state index in [2.05, 4.69) is 10.3 Å². The Kier molecular flexibility index (Phi) is 4.92. The van der Waals surface area contributed by atoms with Crippen LogP contribution in [0.25, 0.3) is 0 Å². The molecule has 2 N–H and O–H groups in total. The van der Waals surface area contributed by atoms with Crippen LogP contribution in [0.15, 0.2) is 35.1 Å². The van der Waals surface area contributed by atoms with Crippen LogP contribution in [0.5, 0.6) is 0 Å². The zero-order valence-corrected chi connectivity index (χ0v) is 13.2. The molecule has 0 spiro atoms. The van der Waals surface area contributed by atoms with Crippen LogP contribution < -0.4 is 5.32 Å². The summed E-state index contributed by atoms with van der Waals surface area (Å²) < 4.78 is 23.8. The molecule has 3 atom stereocenters. The van der Waals surface area contributed by atoms with Crippen LogP contribution in [0.1, 0.15) is 53.8 Å². The molecule has 0 saturated carbocycles. The third kappa shape index (κ3) is 3.47. The lowest BCUT2D eigenvalue weighted by atomic mass is 10.0. The largest absolute Gasteiger partial charge is 0.445 e. The summed E-state index contributed by atoms with van der Waals surface area (Å²) in [4.78, 5) is 16.4. The van der Waals surface area contributed by atoms with Gasteiger partial charge in [-0.15, -0.1) is 0 Å². The first-order chi connectivity index (χ1) is 11.6. The predicted molar refractivity (Wildman–Crippen MR) is 82.7 cm³/mol. The minimum atomic E-state index is -0.965. The first-order valence-electron chi connectivity index (χ1n) is 7.85. The summed E-state index contributed by atoms with van der Waals surface area (Å²) in [7, 11) is 0. The normalized spacial score (nSPS) is 19.9. The molecule has 6 nitrogen and oxygen atoms in total. The van der Waals surface area contributed by atoms with Gasteiger partial charge in [0.15, 0.2) is 17.8 Å². The van der Waals surface area contributed by atoms with Crippen molar-refractivity contribution in [3.63, 3.8) is 0 Å². The number of hydrogen-bond acceptors (Lipinski definition) is 5. The summed E-state index contributed by atoms with van der Waals surface area (Å²) >= 11 is 0. The lowest BCUT2D eigenvalue weighted by Crippen LogP contribution is -2.37. The van der Waals surface area contributed by atoms with Crippen molar-refractivity contribution in [3.05, 3.63) is 53.5 Å². The van der Waals surface area contributed by atoms with Crippen molar-refractivity contribution in [2.75, 3.05) is 6.61 Å². The molecule has 3 unspecified atom stereocenters. The smallest absolute Gasteiger partial charge is 0.273 e. The predicted octanol–water partition coefficient (Wildman–Crippen LogP) is 2.52. The zero-order valence-electron chi connectivity index (χ0n) is 13.2. The van der Waals surface area contributed by atoms with E-state index < -0.39 is 18.1 Å². The Morgan fingerprint density at radius 3 is 2.83 bits per heavy atom. The highest BCUT2D eigenvalue weighted by molar-refractivity contribution is 5.93. The van der Waals surface area contributed by atoms with Crippen LogP contribution in [0.2, 0.25) is 0 Å². The van der Waals surface area contributed by atoms with Crippen molar-refractivity contribution in [2.45, 2.75) is 38.0 Å². The van der Waals surface area contributed by atoms with Gasteiger partial charge < -0.3 is 19.6 Å². The number of oxazole rings is 1. The SMILES string of the molecule is CC(NC(=O)c1ncoc1C1CCCO1)C(O)c1ccc(F)cc1. The molecular formula is C17H19FN2O4. The molecule has 0 aliphatic carbocycles. The molecule has 0 bridgehead atoms. The highest BCUT2D eigenvalue weighted by Gasteiger charge is 2.29. The fourth-order valence-corrected chi connectivity index (χ4v) is 2.74. The Balaban J connectivity index is 1.68. The fraction of sp³-hybridized carbons (Fsp3) is 0.412. The summed E-state index contributed by atoms with van der Waals surface area (Å²) in [6, 6.07) is 4.91. The van der Waals surface area contributed by atoms with E-state index in [1.54, 1.807) is 6.92 Å². The van der Waals surface area contributed by atoms with E-state index in [1.807, 2.05) is 0 Å². The topological polar surface area (TPSA) is 84.6 Å². The summed E-state index contributed by atoms with van der Waals surface area (Å²) in [6.45, 7) is 2.30. The number of benzene rings is 1. The molecular weight excluding hydrogens is 315 g/mol. The van der Waals surface area contributed by atoms with E-state index in [0.717, 1.165) is 12.8 Å². The molecule has 1 aliphatic rings. The first kappa shape index (κ1) is 16.6. The fourth-order valence-electron chi connectivity index (χ4n) is 2.74. The van der Waals surface area contributed by atoms with Crippen molar-refractivity contribution in [1.82, 2.24) is 10.3 Å². The number of aliphatic hydroxyl groups is 1. The molecule has 24 heavy (non-hydrogen) atoms. The number of halogens is 1. The Morgan fingerprint density at radius 2 is 2.17 bits per heavy atom. The van der Waals surface area contributed by atoms with Gasteiger partial charge in [-0.25, -0.2) is 9.37 Å². The number of rotatable bonds is 5. The summed E-state index contributed by atoms with van der Waals surface area (Å²) in [6.07, 6.45) is 1.68. The summed E-state index contributed by atoms with van der Waals surface area (Å²) in [5.74, 6) is -0.414. The van der Waals surface area contributed by atoms with Crippen LogP contribution in [0.3, 0.4) is 0 Å². The monoisotopic (exact) mass is 334 g/mol. The lowest BCUT2D eigenvalue weighted by molar-refractivity contribution is 0.0801. The van der Waals surface area contributed by atoms with Gasteiger partial charge >= 0.3 is 0 Å². The van der Waals surface area contributed by atoms with E-state index in [4.69, 9.17) is 9.15 Å². The Morgan fingerprint density at radius 1 is 1.42 bits per heavy atom. The van der Waals surface area contributed by atoms with Crippen LogP contribution in [0.4, 0.5) is 4.39 Å². The van der Waals surface area contributed by atoms with Crippen LogP contribution in [0, 0.1) is 5.82 Å². The van der Waals surface area contributed by atoms with Gasteiger partial charge in [0, 0.05) is 6.61 Å². The van der Waals surface area contributed by atoms with Crippen molar-refractivity contribution < 1.29 is 23.4 Å². The highest BCUT2D eigenvalue weighted by atomic mass is 19.1. The number of aromatic nitrogens is 1. The lowest BCUT2D eigenvalue weighted by Gasteiger charge is -2.20. The number of aliphatic hydroxyl groups excluding tert-OH is 1. The molecule has 2 heterocycles. The highest BCUT2D eigenvalue weighted by Crippen LogP contribution is 2.30. The Hall–Kier alpha value is -2.25. The maximum atomic E-state index is 13.0. The number of carbonyl (C=O) groups excluding carboxylic acids is 1. The van der Waals surface area contributed by atoms with Crippen LogP contribution >= 0.6 is 0 Å². The first-order valence-corrected chi connectivity index (χ1v) is 7.85. The number of hydrogen-bond donors (Lipinski definition) is 2. The second-order valence-electron chi connectivity index (χ2n) is 5.83. The average Bonchev–Trinajstić information content (AvgIpc) is 3.25. The molecule has 7 heteroatoms. The maximum Gasteiger partial charge on any atom is 0.273 e. The number of nitrogens with zero attached hydrogens (tertiary/aromatic N) is 1. The molecule has 0 radical (unpaired) electrons. The third-order valence-electron chi connectivity index (χ3n) is 4.08. The van der Waals surface area contributed by atoms with Crippen LogP contribution in [-0.4, -0.2) is 28.6 Å². The maximum absolute atomic E-state index is 13.0. The number of amides is 1. The van der Waals surface area contributed by atoms with E-state index in [1.165, 1.54) is 30.7 Å². The molecule has 1 aromatic carbocycles. The minimum absolute atomic E-state index is 0.167. The van der Waals surface area contributed by atoms with E-state index in [9.17, 15) is 14.3 Å². The number of nitrogens with one attached hydrogen (secondary N) is 1. The average molecular weight is 334 g/mol. The van der Waals surface area contributed by atoms with Gasteiger partial charge in [-0.3, -0.25) is 4.79 Å². The standard InChI is InChI=1S/C17H19FN2O4/c1-10(15(21)11-4-6-12(18)7-5-11)20-17(22)14-16(24-9-19-14)13-3-2-8-23-13/h4-7,9-10,13,15,21H,2-3,8H2,1H3,(H,20,22). The molecule has 1 fully saturated rings. The van der Waals surface area contributed by atoms with Crippen molar-refractivity contribution in [1.29, 1.82) is 0 Å². The molecule has 1 amide bonds. The molecule has 128 valence electrons. The van der Waals surface area contributed by atoms with Crippen molar-refractivity contribution in [3.8, 4) is 0 Å². The Labute approximate surface area is 138 Å². The molecule has 1 aliphatic heterocycles. The number of ether oxygens (including phenoxy) is 1. The molecule has 1 saturated heterocycles. The van der Waals surface area contributed by atoms with Gasteiger partial charge in [0.1, 0.15) is 11.9 Å². The molecule has 1 aromatic heterocycles. The second kappa shape index (κ2) is 7.11. The van der Waals surface area contributed by atoms with Gasteiger partial charge in [0.25, 0.3) is 5.91 Å². The summed E-state index contributed by atoms with van der Waals surface area (Å²) in [5, 5.41) is 13.0. The molecule has 3 rings (SSSR count). The number of carbonyl (C=O) groups is 1. The van der Waals surface area contributed by atoms with Gasteiger partial charge in [-0.2, -0.15) is 0 Å². The molecule has 2 aromatic rings. The van der Waals surface area contributed by atoms with Gasteiger partial charge in [-0.1, -0.05) is 12.1 Å². The van der Waals surface area contributed by atoms with Gasteiger partial charge in [0.2, 0.25) is 0 Å². The Bertz CT molecular complexity index is 695.